The fourth-order valence-corrected chi connectivity index (χ4v) is 1.19. The van der Waals surface area contributed by atoms with Crippen molar-refractivity contribution in [2.45, 2.75) is 20.0 Å². The molecule has 0 saturated heterocycles. The lowest BCUT2D eigenvalue weighted by atomic mass is 10.0. The van der Waals surface area contributed by atoms with Crippen LogP contribution in [0.3, 0.4) is 0 Å². The highest BCUT2D eigenvalue weighted by atomic mass is 19.4. The monoisotopic (exact) mass is 200 g/mol. The number of aryl methyl sites for hydroxylation is 1. The van der Waals surface area contributed by atoms with Crippen LogP contribution in [0.15, 0.2) is 24.8 Å². The lowest BCUT2D eigenvalue weighted by molar-refractivity contribution is -0.137. The molecule has 1 rings (SSSR count). The maximum atomic E-state index is 12.4. The zero-order valence-electron chi connectivity index (χ0n) is 8.07. The van der Waals surface area contributed by atoms with Gasteiger partial charge >= 0.3 is 6.18 Å². The Kier molecular flexibility index (Phi) is 2.69. The summed E-state index contributed by atoms with van der Waals surface area (Å²) in [5.74, 6) is 0. The quantitative estimate of drug-likeness (QED) is 0.641. The summed E-state index contributed by atoms with van der Waals surface area (Å²) < 4.78 is 37.1. The zero-order valence-corrected chi connectivity index (χ0v) is 8.07. The molecule has 76 valence electrons. The molecule has 0 radical (unpaired) electrons. The molecule has 0 nitrogen and oxygen atoms in total. The Bertz CT molecular complexity index is 361. The molecule has 0 fully saturated rings. The molecule has 0 aliphatic heterocycles. The molecule has 0 unspecified atom stereocenters. The number of benzene rings is 1. The fraction of sp³-hybridized carbons (Fsp3) is 0.273. The highest BCUT2D eigenvalue weighted by molar-refractivity contribution is 5.62. The molecule has 0 saturated carbocycles. The molecule has 14 heavy (non-hydrogen) atoms. The smallest absolute Gasteiger partial charge is 0.166 e. The minimum Gasteiger partial charge on any atom is -0.166 e. The van der Waals surface area contributed by atoms with Crippen LogP contribution in [0.4, 0.5) is 13.2 Å². The normalized spacial score (nSPS) is 11.5. The highest BCUT2D eigenvalue weighted by Crippen LogP contribution is 2.31. The van der Waals surface area contributed by atoms with E-state index in [2.05, 4.69) is 6.58 Å². The van der Waals surface area contributed by atoms with Crippen LogP contribution in [0.25, 0.3) is 5.57 Å². The molecule has 3 heteroatoms. The number of rotatable bonds is 1. The molecule has 1 aromatic rings. The average molecular weight is 200 g/mol. The summed E-state index contributed by atoms with van der Waals surface area (Å²) in [4.78, 5) is 0. The van der Waals surface area contributed by atoms with Crippen LogP contribution in [0.1, 0.15) is 23.6 Å². The van der Waals surface area contributed by atoms with Crippen LogP contribution in [0.5, 0.6) is 0 Å². The molecule has 0 atom stereocenters. The van der Waals surface area contributed by atoms with Gasteiger partial charge in [0.2, 0.25) is 0 Å². The van der Waals surface area contributed by atoms with Crippen molar-refractivity contribution in [3.05, 3.63) is 41.5 Å². The molecule has 0 aromatic heterocycles. The summed E-state index contributed by atoms with van der Waals surface area (Å²) >= 11 is 0. The van der Waals surface area contributed by atoms with Crippen molar-refractivity contribution in [1.29, 1.82) is 0 Å². The van der Waals surface area contributed by atoms with E-state index in [0.717, 1.165) is 12.1 Å². The maximum Gasteiger partial charge on any atom is 0.416 e. The van der Waals surface area contributed by atoms with Crippen molar-refractivity contribution >= 4 is 5.57 Å². The number of halogens is 3. The summed E-state index contributed by atoms with van der Waals surface area (Å²) in [7, 11) is 0. The Morgan fingerprint density at radius 1 is 1.21 bits per heavy atom. The molecule has 0 amide bonds. The first-order chi connectivity index (χ1) is 6.30. The van der Waals surface area contributed by atoms with Crippen LogP contribution in [-0.4, -0.2) is 0 Å². The first-order valence-corrected chi connectivity index (χ1v) is 4.15. The molecule has 0 aliphatic carbocycles. The second kappa shape index (κ2) is 3.48. The van der Waals surface area contributed by atoms with E-state index in [1.807, 2.05) is 0 Å². The van der Waals surface area contributed by atoms with Gasteiger partial charge in [-0.3, -0.25) is 0 Å². The third-order valence-electron chi connectivity index (χ3n) is 1.90. The van der Waals surface area contributed by atoms with Gasteiger partial charge in [-0.15, -0.1) is 0 Å². The first kappa shape index (κ1) is 10.8. The second-order valence-electron chi connectivity index (χ2n) is 3.37. The minimum absolute atomic E-state index is 0.539. The number of hydrogen-bond donors (Lipinski definition) is 0. The summed E-state index contributed by atoms with van der Waals surface area (Å²) in [5.41, 5.74) is 1.16. The molecular weight excluding hydrogens is 189 g/mol. The predicted molar refractivity (Wildman–Crippen MR) is 50.9 cm³/mol. The van der Waals surface area contributed by atoms with Gasteiger partial charge in [-0.05, 0) is 37.1 Å². The van der Waals surface area contributed by atoms with Crippen LogP contribution < -0.4 is 0 Å². The van der Waals surface area contributed by atoms with Gasteiger partial charge in [-0.25, -0.2) is 0 Å². The van der Waals surface area contributed by atoms with Crippen molar-refractivity contribution in [3.8, 4) is 0 Å². The van der Waals surface area contributed by atoms with Gasteiger partial charge in [0.05, 0.1) is 5.56 Å². The van der Waals surface area contributed by atoms with Crippen LogP contribution in [-0.2, 0) is 6.18 Å². The van der Waals surface area contributed by atoms with E-state index < -0.39 is 11.7 Å². The zero-order chi connectivity index (χ0) is 10.9. The van der Waals surface area contributed by atoms with Crippen molar-refractivity contribution in [2.75, 3.05) is 0 Å². The van der Waals surface area contributed by atoms with Crippen molar-refractivity contribution in [2.24, 2.45) is 0 Å². The van der Waals surface area contributed by atoms with Crippen LogP contribution in [0.2, 0.25) is 0 Å². The van der Waals surface area contributed by atoms with Gasteiger partial charge in [0.25, 0.3) is 0 Å². The Morgan fingerprint density at radius 3 is 2.21 bits per heavy atom. The minimum atomic E-state index is -4.28. The van der Waals surface area contributed by atoms with E-state index in [4.69, 9.17) is 0 Å². The van der Waals surface area contributed by atoms with E-state index >= 15 is 0 Å². The molecule has 0 bridgehead atoms. The Morgan fingerprint density at radius 2 is 1.79 bits per heavy atom. The number of alkyl halides is 3. The lowest BCUT2D eigenvalue weighted by Gasteiger charge is -2.10. The van der Waals surface area contributed by atoms with E-state index in [1.165, 1.54) is 0 Å². The van der Waals surface area contributed by atoms with E-state index in [9.17, 15) is 13.2 Å². The number of allylic oxidation sites excluding steroid dienone is 1. The number of hydrogen-bond acceptors (Lipinski definition) is 0. The fourth-order valence-electron chi connectivity index (χ4n) is 1.19. The van der Waals surface area contributed by atoms with Gasteiger partial charge in [-0.2, -0.15) is 13.2 Å². The SMILES string of the molecule is C=C(C)c1cc(C)cc(C(F)(F)F)c1. The van der Waals surface area contributed by atoms with Gasteiger partial charge < -0.3 is 0 Å². The predicted octanol–water partition coefficient (Wildman–Crippen LogP) is 4.05. The molecule has 0 heterocycles. The first-order valence-electron chi connectivity index (χ1n) is 4.15. The van der Waals surface area contributed by atoms with E-state index in [-0.39, 0.29) is 0 Å². The second-order valence-corrected chi connectivity index (χ2v) is 3.37. The molecule has 1 aromatic carbocycles. The van der Waals surface area contributed by atoms with Gasteiger partial charge in [0.1, 0.15) is 0 Å². The van der Waals surface area contributed by atoms with E-state index in [0.29, 0.717) is 16.7 Å². The summed E-state index contributed by atoms with van der Waals surface area (Å²) in [6.07, 6.45) is -4.28. The largest absolute Gasteiger partial charge is 0.416 e. The summed E-state index contributed by atoms with van der Waals surface area (Å²) in [6.45, 7) is 6.95. The molecule has 0 aliphatic rings. The molecule has 0 N–H and O–H groups in total. The van der Waals surface area contributed by atoms with Crippen LogP contribution >= 0.6 is 0 Å². The topological polar surface area (TPSA) is 0 Å². The standard InChI is InChI=1S/C11H11F3/c1-7(2)9-4-8(3)5-10(6-9)11(12,13)14/h4-6H,1H2,2-3H3. The highest BCUT2D eigenvalue weighted by Gasteiger charge is 2.30. The lowest BCUT2D eigenvalue weighted by Crippen LogP contribution is -2.05. The Labute approximate surface area is 81.1 Å². The third kappa shape index (κ3) is 2.37. The van der Waals surface area contributed by atoms with E-state index in [1.54, 1.807) is 19.9 Å². The molecule has 0 spiro atoms. The molecular formula is C11H11F3. The maximum absolute atomic E-state index is 12.4. The van der Waals surface area contributed by atoms with Gasteiger partial charge in [-0.1, -0.05) is 18.2 Å². The Balaban J connectivity index is 3.28. The Hall–Kier alpha value is -1.25. The summed E-state index contributed by atoms with van der Waals surface area (Å²) in [5, 5.41) is 0. The third-order valence-corrected chi connectivity index (χ3v) is 1.90. The average Bonchev–Trinajstić information content (AvgIpc) is 2.01. The van der Waals surface area contributed by atoms with Crippen molar-refractivity contribution < 1.29 is 13.2 Å². The van der Waals surface area contributed by atoms with Crippen molar-refractivity contribution in [1.82, 2.24) is 0 Å². The van der Waals surface area contributed by atoms with Crippen molar-refractivity contribution in [3.63, 3.8) is 0 Å². The van der Waals surface area contributed by atoms with Gasteiger partial charge in [0.15, 0.2) is 0 Å². The van der Waals surface area contributed by atoms with Crippen LogP contribution in [0, 0.1) is 6.92 Å². The summed E-state index contributed by atoms with van der Waals surface area (Å²) in [6, 6.07) is 3.94. The van der Waals surface area contributed by atoms with Gasteiger partial charge in [0, 0.05) is 0 Å².